The van der Waals surface area contributed by atoms with Crippen molar-refractivity contribution in [1.82, 2.24) is 5.32 Å². The van der Waals surface area contributed by atoms with Crippen LogP contribution in [0.25, 0.3) is 0 Å². The van der Waals surface area contributed by atoms with Gasteiger partial charge in [-0.15, -0.1) is 0 Å². The van der Waals surface area contributed by atoms with Crippen molar-refractivity contribution in [3.05, 3.63) is 0 Å². The molecule has 0 aromatic heterocycles. The molecule has 1 fully saturated rings. The molecule has 10 heavy (non-hydrogen) atoms. The summed E-state index contributed by atoms with van der Waals surface area (Å²) in [6.07, 6.45) is 2.52. The highest BCUT2D eigenvalue weighted by atomic mass is 16.4. The predicted molar refractivity (Wildman–Crippen MR) is 37.8 cm³/mol. The zero-order valence-corrected chi connectivity index (χ0v) is 5.97. The Bertz CT molecular complexity index is 119. The SMILES string of the molecule is O=C(O)C[C@H]1CCCNC1. The first kappa shape index (κ1) is 7.54. The molecule has 0 spiro atoms. The Hall–Kier alpha value is -0.570. The van der Waals surface area contributed by atoms with E-state index in [1.807, 2.05) is 0 Å². The van der Waals surface area contributed by atoms with Gasteiger partial charge in [0.05, 0.1) is 0 Å². The lowest BCUT2D eigenvalue weighted by molar-refractivity contribution is -0.138. The first-order valence-corrected chi connectivity index (χ1v) is 3.71. The van der Waals surface area contributed by atoms with E-state index < -0.39 is 5.97 Å². The van der Waals surface area contributed by atoms with Crippen molar-refractivity contribution in [3.8, 4) is 0 Å². The van der Waals surface area contributed by atoms with Gasteiger partial charge in [-0.3, -0.25) is 4.79 Å². The zero-order chi connectivity index (χ0) is 7.40. The summed E-state index contributed by atoms with van der Waals surface area (Å²) in [5.74, 6) is -0.306. The van der Waals surface area contributed by atoms with Crippen LogP contribution in [-0.4, -0.2) is 24.2 Å². The molecule has 58 valence electrons. The molecule has 0 saturated carbocycles. The normalized spacial score (nSPS) is 26.2. The van der Waals surface area contributed by atoms with Crippen molar-refractivity contribution in [1.29, 1.82) is 0 Å². The summed E-state index contributed by atoms with van der Waals surface area (Å²) in [5.41, 5.74) is 0. The van der Waals surface area contributed by atoms with Crippen LogP contribution in [0.3, 0.4) is 0 Å². The largest absolute Gasteiger partial charge is 0.481 e. The summed E-state index contributed by atoms with van der Waals surface area (Å²) < 4.78 is 0. The van der Waals surface area contributed by atoms with Crippen LogP contribution < -0.4 is 5.32 Å². The van der Waals surface area contributed by atoms with Crippen LogP contribution in [0.4, 0.5) is 0 Å². The Morgan fingerprint density at radius 2 is 2.50 bits per heavy atom. The number of nitrogens with one attached hydrogen (secondary N) is 1. The minimum atomic E-state index is -0.672. The van der Waals surface area contributed by atoms with Crippen LogP contribution in [0.1, 0.15) is 19.3 Å². The molecule has 1 aliphatic heterocycles. The number of hydrogen-bond acceptors (Lipinski definition) is 2. The van der Waals surface area contributed by atoms with E-state index in [0.717, 1.165) is 25.9 Å². The fourth-order valence-corrected chi connectivity index (χ4v) is 1.35. The maximum absolute atomic E-state index is 10.2. The van der Waals surface area contributed by atoms with Gasteiger partial charge in [0.15, 0.2) is 0 Å². The monoisotopic (exact) mass is 143 g/mol. The molecule has 0 aromatic rings. The average Bonchev–Trinajstić information content (AvgIpc) is 1.88. The van der Waals surface area contributed by atoms with E-state index in [1.165, 1.54) is 0 Å². The lowest BCUT2D eigenvalue weighted by atomic mass is 9.96. The van der Waals surface area contributed by atoms with E-state index in [0.29, 0.717) is 12.3 Å². The van der Waals surface area contributed by atoms with Crippen molar-refractivity contribution in [2.45, 2.75) is 19.3 Å². The van der Waals surface area contributed by atoms with Crippen molar-refractivity contribution in [3.63, 3.8) is 0 Å². The zero-order valence-electron chi connectivity index (χ0n) is 5.97. The quantitative estimate of drug-likeness (QED) is 0.590. The van der Waals surface area contributed by atoms with Crippen LogP contribution in [0.5, 0.6) is 0 Å². The van der Waals surface area contributed by atoms with E-state index in [-0.39, 0.29) is 0 Å². The molecule has 0 radical (unpaired) electrons. The lowest BCUT2D eigenvalue weighted by Gasteiger charge is -2.20. The molecule has 0 aliphatic carbocycles. The number of rotatable bonds is 2. The van der Waals surface area contributed by atoms with Gasteiger partial charge in [0.2, 0.25) is 0 Å². The topological polar surface area (TPSA) is 49.3 Å². The van der Waals surface area contributed by atoms with Gasteiger partial charge < -0.3 is 10.4 Å². The second-order valence-electron chi connectivity index (χ2n) is 2.81. The molecule has 1 saturated heterocycles. The molecule has 1 rings (SSSR count). The van der Waals surface area contributed by atoms with Gasteiger partial charge in [-0.1, -0.05) is 0 Å². The highest BCUT2D eigenvalue weighted by Crippen LogP contribution is 2.13. The maximum Gasteiger partial charge on any atom is 0.303 e. The van der Waals surface area contributed by atoms with Gasteiger partial charge in [-0.05, 0) is 31.8 Å². The smallest absolute Gasteiger partial charge is 0.303 e. The van der Waals surface area contributed by atoms with Gasteiger partial charge >= 0.3 is 5.97 Å². The molecule has 0 bridgehead atoms. The van der Waals surface area contributed by atoms with E-state index in [1.54, 1.807) is 0 Å². The fraction of sp³-hybridized carbons (Fsp3) is 0.857. The highest BCUT2D eigenvalue weighted by Gasteiger charge is 2.15. The Kier molecular flexibility index (Phi) is 2.68. The molecule has 3 heteroatoms. The number of hydrogen-bond donors (Lipinski definition) is 2. The van der Waals surface area contributed by atoms with Crippen molar-refractivity contribution >= 4 is 5.97 Å². The summed E-state index contributed by atoms with van der Waals surface area (Å²) >= 11 is 0. The van der Waals surface area contributed by atoms with Crippen molar-refractivity contribution in [2.75, 3.05) is 13.1 Å². The molecule has 1 aliphatic rings. The summed E-state index contributed by atoms with van der Waals surface area (Å²) in [5, 5.41) is 11.6. The standard InChI is InChI=1S/C7H13NO2/c9-7(10)4-6-2-1-3-8-5-6/h6,8H,1-5H2,(H,9,10)/t6-/m1/s1. The molecule has 0 aromatic carbocycles. The summed E-state index contributed by atoms with van der Waals surface area (Å²) in [7, 11) is 0. The first-order valence-electron chi connectivity index (χ1n) is 3.71. The van der Waals surface area contributed by atoms with E-state index in [9.17, 15) is 4.79 Å². The Balaban J connectivity index is 2.19. The van der Waals surface area contributed by atoms with Crippen molar-refractivity contribution in [2.24, 2.45) is 5.92 Å². The van der Waals surface area contributed by atoms with Gasteiger partial charge in [-0.25, -0.2) is 0 Å². The number of aliphatic carboxylic acids is 1. The van der Waals surface area contributed by atoms with Gasteiger partial charge in [0.25, 0.3) is 0 Å². The Labute approximate surface area is 60.4 Å². The minimum Gasteiger partial charge on any atom is -0.481 e. The first-order chi connectivity index (χ1) is 4.79. The third-order valence-corrected chi connectivity index (χ3v) is 1.86. The van der Waals surface area contributed by atoms with E-state index in [4.69, 9.17) is 5.11 Å². The second kappa shape index (κ2) is 3.56. The number of piperidine rings is 1. The summed E-state index contributed by atoms with van der Waals surface area (Å²) in [4.78, 5) is 10.2. The van der Waals surface area contributed by atoms with Gasteiger partial charge in [-0.2, -0.15) is 0 Å². The third-order valence-electron chi connectivity index (χ3n) is 1.86. The second-order valence-corrected chi connectivity index (χ2v) is 2.81. The number of carboxylic acids is 1. The molecule has 1 atom stereocenters. The highest BCUT2D eigenvalue weighted by molar-refractivity contribution is 5.67. The maximum atomic E-state index is 10.2. The Morgan fingerprint density at radius 1 is 1.70 bits per heavy atom. The van der Waals surface area contributed by atoms with Crippen LogP contribution in [0.2, 0.25) is 0 Å². The molecule has 2 N–H and O–H groups in total. The molecule has 0 amide bonds. The molecular weight excluding hydrogens is 130 g/mol. The number of carboxylic acid groups (broad SMARTS) is 1. The van der Waals surface area contributed by atoms with Crippen LogP contribution in [0.15, 0.2) is 0 Å². The van der Waals surface area contributed by atoms with E-state index >= 15 is 0 Å². The van der Waals surface area contributed by atoms with E-state index in [2.05, 4.69) is 5.32 Å². The third kappa shape index (κ3) is 2.35. The molecule has 3 nitrogen and oxygen atoms in total. The predicted octanol–water partition coefficient (Wildman–Crippen LogP) is 0.461. The van der Waals surface area contributed by atoms with Crippen LogP contribution in [0, 0.1) is 5.92 Å². The Morgan fingerprint density at radius 3 is 3.00 bits per heavy atom. The van der Waals surface area contributed by atoms with Gasteiger partial charge in [0, 0.05) is 6.42 Å². The molecular formula is C7H13NO2. The summed E-state index contributed by atoms with van der Waals surface area (Å²) in [6, 6.07) is 0. The van der Waals surface area contributed by atoms with Crippen molar-refractivity contribution < 1.29 is 9.90 Å². The fourth-order valence-electron chi connectivity index (χ4n) is 1.35. The minimum absolute atomic E-state index is 0.326. The van der Waals surface area contributed by atoms with Crippen LogP contribution >= 0.6 is 0 Å². The average molecular weight is 143 g/mol. The number of carbonyl (C=O) groups is 1. The lowest BCUT2D eigenvalue weighted by Crippen LogP contribution is -2.30. The molecule has 0 unspecified atom stereocenters. The van der Waals surface area contributed by atoms with Gasteiger partial charge in [0.1, 0.15) is 0 Å². The summed E-state index contributed by atoms with van der Waals surface area (Å²) in [6.45, 7) is 1.93. The van der Waals surface area contributed by atoms with Crippen LogP contribution in [-0.2, 0) is 4.79 Å². The molecule has 1 heterocycles.